The first-order valence-electron chi connectivity index (χ1n) is 9.89. The van der Waals surface area contributed by atoms with E-state index >= 15 is 0 Å². The van der Waals surface area contributed by atoms with Crippen LogP contribution in [-0.4, -0.2) is 42.7 Å². The minimum absolute atomic E-state index is 0.180. The number of pyridine rings is 2. The maximum atomic E-state index is 14.7. The topological polar surface area (TPSA) is 79.1 Å². The van der Waals surface area contributed by atoms with E-state index in [0.29, 0.717) is 17.6 Å². The number of rotatable bonds is 6. The van der Waals surface area contributed by atoms with Crippen LogP contribution < -0.4 is 21.3 Å². The molecular weight excluding hydrogens is 355 g/mol. The monoisotopic (exact) mass is 386 g/mol. The van der Waals surface area contributed by atoms with Gasteiger partial charge < -0.3 is 21.3 Å². The van der Waals surface area contributed by atoms with Gasteiger partial charge in [0.1, 0.15) is 23.1 Å². The molecule has 4 N–H and O–H groups in total. The summed E-state index contributed by atoms with van der Waals surface area (Å²) in [4.78, 5) is 11.1. The highest BCUT2D eigenvalue weighted by Gasteiger charge is 2.32. The Hall–Kier alpha value is -2.25. The molecule has 0 aromatic carbocycles. The van der Waals surface area contributed by atoms with Crippen molar-refractivity contribution in [1.29, 1.82) is 0 Å². The fraction of sp³-hybridized carbons (Fsp3) is 0.524. The second kappa shape index (κ2) is 8.41. The van der Waals surface area contributed by atoms with Gasteiger partial charge in [-0.05, 0) is 37.1 Å². The number of halogens is 1. The van der Waals surface area contributed by atoms with Gasteiger partial charge in [0.2, 0.25) is 0 Å². The van der Waals surface area contributed by atoms with Crippen LogP contribution in [0.25, 0.3) is 0 Å². The Morgan fingerprint density at radius 3 is 2.86 bits per heavy atom. The first-order valence-corrected chi connectivity index (χ1v) is 9.89. The van der Waals surface area contributed by atoms with Crippen molar-refractivity contribution in [2.24, 2.45) is 5.41 Å². The van der Waals surface area contributed by atoms with E-state index in [2.05, 4.69) is 41.3 Å². The molecule has 0 aliphatic carbocycles. The van der Waals surface area contributed by atoms with E-state index < -0.39 is 6.04 Å². The molecule has 7 heteroatoms. The van der Waals surface area contributed by atoms with Gasteiger partial charge in [-0.2, -0.15) is 0 Å². The third-order valence-corrected chi connectivity index (χ3v) is 5.96. The zero-order chi connectivity index (χ0) is 20.3. The van der Waals surface area contributed by atoms with Gasteiger partial charge in [0.05, 0.1) is 6.04 Å². The maximum Gasteiger partial charge on any atom is 0.146 e. The molecule has 3 rings (SSSR count). The second-order valence-corrected chi connectivity index (χ2v) is 8.03. The Kier molecular flexibility index (Phi) is 6.15. The number of aromatic nitrogens is 2. The molecule has 6 nitrogen and oxygen atoms in total. The molecule has 28 heavy (non-hydrogen) atoms. The van der Waals surface area contributed by atoms with Crippen LogP contribution in [-0.2, 0) is 0 Å². The summed E-state index contributed by atoms with van der Waals surface area (Å²) in [5.41, 5.74) is 7.27. The summed E-state index contributed by atoms with van der Waals surface area (Å²) < 4.78 is 14.7. The molecule has 0 amide bonds. The van der Waals surface area contributed by atoms with E-state index in [1.807, 2.05) is 6.07 Å². The highest BCUT2D eigenvalue weighted by molar-refractivity contribution is 5.47. The molecular formula is C21H31FN6. The Morgan fingerprint density at radius 2 is 2.18 bits per heavy atom. The van der Waals surface area contributed by atoms with Crippen molar-refractivity contribution in [3.8, 4) is 0 Å². The molecule has 1 saturated heterocycles. The van der Waals surface area contributed by atoms with Crippen molar-refractivity contribution in [1.82, 2.24) is 20.6 Å². The number of hydrogen-bond donors (Lipinski definition) is 3. The largest absolute Gasteiger partial charge is 0.383 e. The molecule has 1 fully saturated rings. The van der Waals surface area contributed by atoms with E-state index in [0.717, 1.165) is 37.4 Å². The summed E-state index contributed by atoms with van der Waals surface area (Å²) in [5.74, 6) is 0.810. The molecule has 2 aromatic rings. The van der Waals surface area contributed by atoms with Crippen molar-refractivity contribution in [2.45, 2.75) is 39.3 Å². The summed E-state index contributed by atoms with van der Waals surface area (Å²) in [7, 11) is 1.77. The quantitative estimate of drug-likeness (QED) is 0.708. The lowest BCUT2D eigenvalue weighted by Crippen LogP contribution is -2.56. The number of hydrogen-bond acceptors (Lipinski definition) is 6. The Morgan fingerprint density at radius 1 is 1.39 bits per heavy atom. The van der Waals surface area contributed by atoms with Crippen LogP contribution >= 0.6 is 0 Å². The van der Waals surface area contributed by atoms with E-state index in [4.69, 9.17) is 10.7 Å². The van der Waals surface area contributed by atoms with Gasteiger partial charge in [0.25, 0.3) is 0 Å². The lowest BCUT2D eigenvalue weighted by molar-refractivity contribution is 0.220. The lowest BCUT2D eigenvalue weighted by atomic mass is 9.81. The van der Waals surface area contributed by atoms with Gasteiger partial charge in [-0.25, -0.2) is 14.4 Å². The van der Waals surface area contributed by atoms with Gasteiger partial charge in [-0.3, -0.25) is 0 Å². The predicted molar refractivity (Wildman–Crippen MR) is 112 cm³/mol. The molecule has 152 valence electrons. The summed E-state index contributed by atoms with van der Waals surface area (Å²) in [5, 5.41) is 6.76. The smallest absolute Gasteiger partial charge is 0.146 e. The first-order chi connectivity index (χ1) is 13.4. The third-order valence-electron chi connectivity index (χ3n) is 5.96. The molecule has 2 aromatic heterocycles. The van der Waals surface area contributed by atoms with Crippen LogP contribution in [0.15, 0.2) is 30.5 Å². The van der Waals surface area contributed by atoms with Crippen LogP contribution in [0.5, 0.6) is 0 Å². The van der Waals surface area contributed by atoms with Gasteiger partial charge in [-0.15, -0.1) is 0 Å². The van der Waals surface area contributed by atoms with E-state index in [1.54, 1.807) is 25.4 Å². The first kappa shape index (κ1) is 20.5. The van der Waals surface area contributed by atoms with Crippen molar-refractivity contribution in [2.75, 3.05) is 37.3 Å². The molecule has 0 radical (unpaired) electrons. The van der Waals surface area contributed by atoms with Crippen LogP contribution in [0, 0.1) is 11.2 Å². The van der Waals surface area contributed by atoms with Crippen LogP contribution in [0.1, 0.15) is 44.5 Å². The standard InChI is InChI=1S/C21H31FN6/c1-5-21(2,3)16-13-28(12-11-25-16)17-9-8-15(22)19(27-17)18(24-4)14-7-6-10-26-20(14)23/h6-10,16,18,24-25H,5,11-13H2,1-4H3,(H2,23,26). The van der Waals surface area contributed by atoms with E-state index in [1.165, 1.54) is 6.07 Å². The molecule has 0 saturated carbocycles. The summed E-state index contributed by atoms with van der Waals surface area (Å²) in [6.07, 6.45) is 2.71. The Bertz CT molecular complexity index is 809. The third kappa shape index (κ3) is 4.10. The average Bonchev–Trinajstić information content (AvgIpc) is 2.71. The fourth-order valence-electron chi connectivity index (χ4n) is 3.67. The minimum Gasteiger partial charge on any atom is -0.383 e. The van der Waals surface area contributed by atoms with Crippen LogP contribution in [0.3, 0.4) is 0 Å². The number of nitrogens with two attached hydrogens (primary N) is 1. The highest BCUT2D eigenvalue weighted by atomic mass is 19.1. The zero-order valence-electron chi connectivity index (χ0n) is 17.2. The Labute approximate surface area is 166 Å². The molecule has 2 atom stereocenters. The molecule has 3 heterocycles. The maximum absolute atomic E-state index is 14.7. The molecule has 2 unspecified atom stereocenters. The van der Waals surface area contributed by atoms with Gasteiger partial charge >= 0.3 is 0 Å². The molecule has 0 spiro atoms. The second-order valence-electron chi connectivity index (χ2n) is 8.03. The minimum atomic E-state index is -0.459. The number of piperazine rings is 1. The van der Waals surface area contributed by atoms with Crippen molar-refractivity contribution < 1.29 is 4.39 Å². The lowest BCUT2D eigenvalue weighted by Gasteiger charge is -2.42. The molecule has 0 bridgehead atoms. The SMILES string of the molecule is CCC(C)(C)C1CN(c2ccc(F)c(C(NC)c3cccnc3N)n2)CCN1. The van der Waals surface area contributed by atoms with Gasteiger partial charge in [0, 0.05) is 37.4 Å². The molecule has 1 aliphatic rings. The Balaban J connectivity index is 1.92. The fourth-order valence-corrected chi connectivity index (χ4v) is 3.67. The zero-order valence-corrected chi connectivity index (χ0v) is 17.2. The number of nitrogens with one attached hydrogen (secondary N) is 2. The number of nitrogen functional groups attached to an aromatic ring is 1. The van der Waals surface area contributed by atoms with Crippen LogP contribution in [0.4, 0.5) is 16.0 Å². The number of nitrogens with zero attached hydrogens (tertiary/aromatic N) is 3. The summed E-state index contributed by atoms with van der Waals surface area (Å²) in [6.45, 7) is 9.34. The van der Waals surface area contributed by atoms with E-state index in [9.17, 15) is 4.39 Å². The van der Waals surface area contributed by atoms with E-state index in [-0.39, 0.29) is 11.2 Å². The van der Waals surface area contributed by atoms with Gasteiger partial charge in [-0.1, -0.05) is 26.8 Å². The average molecular weight is 387 g/mol. The van der Waals surface area contributed by atoms with Crippen LogP contribution in [0.2, 0.25) is 0 Å². The molecule has 1 aliphatic heterocycles. The summed E-state index contributed by atoms with van der Waals surface area (Å²) >= 11 is 0. The number of anilines is 2. The van der Waals surface area contributed by atoms with Crippen molar-refractivity contribution >= 4 is 11.6 Å². The highest BCUT2D eigenvalue weighted by Crippen LogP contribution is 2.30. The predicted octanol–water partition coefficient (Wildman–Crippen LogP) is 2.72. The van der Waals surface area contributed by atoms with Crippen molar-refractivity contribution in [3.05, 3.63) is 47.5 Å². The van der Waals surface area contributed by atoms with Gasteiger partial charge in [0.15, 0.2) is 0 Å². The summed E-state index contributed by atoms with van der Waals surface area (Å²) in [6, 6.07) is 6.80. The van der Waals surface area contributed by atoms with Crippen molar-refractivity contribution in [3.63, 3.8) is 0 Å². The normalized spacial score (nSPS) is 18.9.